The van der Waals surface area contributed by atoms with Gasteiger partial charge in [0.25, 0.3) is 0 Å². The summed E-state index contributed by atoms with van der Waals surface area (Å²) < 4.78 is 15.5. The lowest BCUT2D eigenvalue weighted by atomic mass is 9.98. The predicted molar refractivity (Wildman–Crippen MR) is 96.9 cm³/mol. The van der Waals surface area contributed by atoms with E-state index < -0.39 is 0 Å². The third-order valence-electron chi connectivity index (χ3n) is 3.58. The van der Waals surface area contributed by atoms with Gasteiger partial charge in [-0.05, 0) is 74.7 Å². The zero-order valence-corrected chi connectivity index (χ0v) is 15.0. The van der Waals surface area contributed by atoms with Crippen LogP contribution in [0.5, 0.6) is 0 Å². The van der Waals surface area contributed by atoms with Gasteiger partial charge in [-0.3, -0.25) is 0 Å². The molecule has 0 fully saturated rings. The number of allylic oxidation sites excluding steroid dienone is 1. The maximum absolute atomic E-state index is 14.5. The maximum Gasteiger partial charge on any atom is 0.133 e. The van der Waals surface area contributed by atoms with Crippen LogP contribution in [0.25, 0.3) is 11.1 Å². The molecule has 3 heteroatoms. The number of halogens is 2. The molecule has 0 heterocycles. The van der Waals surface area contributed by atoms with Crippen molar-refractivity contribution in [2.75, 3.05) is 11.9 Å². The monoisotopic (exact) mass is 361 g/mol. The van der Waals surface area contributed by atoms with Gasteiger partial charge in [-0.15, -0.1) is 0 Å². The van der Waals surface area contributed by atoms with Crippen LogP contribution < -0.4 is 5.32 Å². The van der Waals surface area contributed by atoms with Gasteiger partial charge in [-0.1, -0.05) is 27.6 Å². The Bertz CT molecular complexity index is 716. The van der Waals surface area contributed by atoms with Gasteiger partial charge >= 0.3 is 0 Å². The van der Waals surface area contributed by atoms with Crippen molar-refractivity contribution in [1.29, 1.82) is 0 Å². The molecule has 0 aliphatic heterocycles. The Morgan fingerprint density at radius 3 is 2.45 bits per heavy atom. The predicted octanol–water partition coefficient (Wildman–Crippen LogP) is 6.25. The van der Waals surface area contributed by atoms with E-state index in [4.69, 9.17) is 0 Å². The van der Waals surface area contributed by atoms with Crippen molar-refractivity contribution in [2.24, 2.45) is 0 Å². The molecular weight excluding hydrogens is 341 g/mol. The Hall–Kier alpha value is -1.61. The quantitative estimate of drug-likeness (QED) is 0.634. The number of hydrogen-bond donors (Lipinski definition) is 1. The zero-order chi connectivity index (χ0) is 16.3. The summed E-state index contributed by atoms with van der Waals surface area (Å²) in [5.41, 5.74) is 5.78. The Kier molecular flexibility index (Phi) is 5.41. The van der Waals surface area contributed by atoms with Crippen LogP contribution >= 0.6 is 15.9 Å². The minimum Gasteiger partial charge on any atom is -0.381 e. The van der Waals surface area contributed by atoms with Crippen molar-refractivity contribution in [1.82, 2.24) is 0 Å². The van der Waals surface area contributed by atoms with E-state index in [1.54, 1.807) is 6.07 Å². The highest BCUT2D eigenvalue weighted by molar-refractivity contribution is 9.10. The molecule has 0 atom stereocenters. The Morgan fingerprint density at radius 1 is 1.09 bits per heavy atom. The minimum atomic E-state index is -0.202. The van der Waals surface area contributed by atoms with Crippen LogP contribution in [0.2, 0.25) is 0 Å². The van der Waals surface area contributed by atoms with Crippen LogP contribution in [-0.2, 0) is 0 Å². The van der Waals surface area contributed by atoms with Crippen LogP contribution in [0.15, 0.2) is 46.5 Å². The average Bonchev–Trinajstić information content (AvgIpc) is 2.43. The van der Waals surface area contributed by atoms with Gasteiger partial charge in [0.05, 0.1) is 0 Å². The van der Waals surface area contributed by atoms with Crippen molar-refractivity contribution >= 4 is 21.6 Å². The van der Waals surface area contributed by atoms with Crippen molar-refractivity contribution in [2.45, 2.75) is 27.7 Å². The first-order valence-corrected chi connectivity index (χ1v) is 8.11. The van der Waals surface area contributed by atoms with Gasteiger partial charge in [0.15, 0.2) is 0 Å². The largest absolute Gasteiger partial charge is 0.381 e. The molecule has 2 aromatic carbocycles. The first kappa shape index (κ1) is 16.8. The first-order chi connectivity index (χ1) is 10.4. The molecular formula is C19H21BrFN. The van der Waals surface area contributed by atoms with E-state index >= 15 is 0 Å². The Balaban J connectivity index is 2.30. The summed E-state index contributed by atoms with van der Waals surface area (Å²) in [7, 11) is 0. The third kappa shape index (κ3) is 3.98. The molecule has 0 aliphatic carbocycles. The molecule has 1 nitrogen and oxygen atoms in total. The highest BCUT2D eigenvalue weighted by atomic mass is 79.9. The molecule has 1 N–H and O–H groups in total. The van der Waals surface area contributed by atoms with Gasteiger partial charge in [0.2, 0.25) is 0 Å². The SMILES string of the molecule is CC(C)=CCNc1ccc(-c2cc(C)c(Br)cc2C)c(F)c1. The van der Waals surface area contributed by atoms with Gasteiger partial charge < -0.3 is 5.32 Å². The summed E-state index contributed by atoms with van der Waals surface area (Å²) in [6, 6.07) is 9.38. The average molecular weight is 362 g/mol. The molecule has 2 aromatic rings. The minimum absolute atomic E-state index is 0.202. The van der Waals surface area contributed by atoms with Gasteiger partial charge in [0, 0.05) is 22.3 Å². The number of anilines is 1. The van der Waals surface area contributed by atoms with E-state index in [1.807, 2.05) is 52.0 Å². The zero-order valence-electron chi connectivity index (χ0n) is 13.4. The van der Waals surface area contributed by atoms with Crippen LogP contribution in [-0.4, -0.2) is 6.54 Å². The summed E-state index contributed by atoms with van der Waals surface area (Å²) in [4.78, 5) is 0. The second-order valence-corrected chi connectivity index (χ2v) is 6.63. The Labute approximate surface area is 140 Å². The van der Waals surface area contributed by atoms with Crippen molar-refractivity contribution in [3.8, 4) is 11.1 Å². The van der Waals surface area contributed by atoms with Crippen molar-refractivity contribution in [3.05, 3.63) is 63.4 Å². The molecule has 0 radical (unpaired) electrons. The molecule has 22 heavy (non-hydrogen) atoms. The molecule has 2 rings (SSSR count). The summed E-state index contributed by atoms with van der Waals surface area (Å²) in [5, 5.41) is 3.21. The third-order valence-corrected chi connectivity index (χ3v) is 4.44. The highest BCUT2D eigenvalue weighted by Gasteiger charge is 2.10. The van der Waals surface area contributed by atoms with Crippen LogP contribution in [0.3, 0.4) is 0 Å². The van der Waals surface area contributed by atoms with E-state index in [-0.39, 0.29) is 5.82 Å². The molecule has 0 bridgehead atoms. The number of rotatable bonds is 4. The second kappa shape index (κ2) is 7.10. The fourth-order valence-electron chi connectivity index (χ4n) is 2.29. The van der Waals surface area contributed by atoms with Crippen molar-refractivity contribution < 1.29 is 4.39 Å². The van der Waals surface area contributed by atoms with E-state index in [9.17, 15) is 4.39 Å². The summed E-state index contributed by atoms with van der Waals surface area (Å²) in [5.74, 6) is -0.202. The lowest BCUT2D eigenvalue weighted by molar-refractivity contribution is 0.631. The molecule has 0 saturated heterocycles. The van der Waals surface area contributed by atoms with Gasteiger partial charge in [0.1, 0.15) is 5.82 Å². The molecule has 116 valence electrons. The summed E-state index contributed by atoms with van der Waals surface area (Å²) >= 11 is 3.51. The smallest absolute Gasteiger partial charge is 0.133 e. The van der Waals surface area contributed by atoms with E-state index in [1.165, 1.54) is 5.57 Å². The fourth-order valence-corrected chi connectivity index (χ4v) is 2.75. The summed E-state index contributed by atoms with van der Waals surface area (Å²) in [6.07, 6.45) is 2.08. The number of aryl methyl sites for hydroxylation is 2. The van der Waals surface area contributed by atoms with E-state index in [0.29, 0.717) is 12.1 Å². The normalized spacial score (nSPS) is 10.5. The number of benzene rings is 2. The van der Waals surface area contributed by atoms with Gasteiger partial charge in [-0.25, -0.2) is 4.39 Å². The van der Waals surface area contributed by atoms with Crippen LogP contribution in [0.4, 0.5) is 10.1 Å². The first-order valence-electron chi connectivity index (χ1n) is 7.32. The highest BCUT2D eigenvalue weighted by Crippen LogP contribution is 2.31. The molecule has 0 aromatic heterocycles. The Morgan fingerprint density at radius 2 is 1.82 bits per heavy atom. The van der Waals surface area contributed by atoms with Crippen LogP contribution in [0, 0.1) is 19.7 Å². The van der Waals surface area contributed by atoms with Gasteiger partial charge in [-0.2, -0.15) is 0 Å². The fraction of sp³-hybridized carbons (Fsp3) is 0.263. The number of nitrogens with one attached hydrogen (secondary N) is 1. The topological polar surface area (TPSA) is 12.0 Å². The molecule has 0 unspecified atom stereocenters. The van der Waals surface area contributed by atoms with E-state index in [2.05, 4.69) is 27.3 Å². The summed E-state index contributed by atoms with van der Waals surface area (Å²) in [6.45, 7) is 8.81. The molecule has 0 saturated carbocycles. The molecule has 0 spiro atoms. The molecule has 0 amide bonds. The number of hydrogen-bond acceptors (Lipinski definition) is 1. The lowest BCUT2D eigenvalue weighted by Crippen LogP contribution is -2.00. The second-order valence-electron chi connectivity index (χ2n) is 5.77. The molecule has 0 aliphatic rings. The van der Waals surface area contributed by atoms with E-state index in [0.717, 1.165) is 26.9 Å². The van der Waals surface area contributed by atoms with Crippen LogP contribution in [0.1, 0.15) is 25.0 Å². The lowest BCUT2D eigenvalue weighted by Gasteiger charge is -2.12. The maximum atomic E-state index is 14.5. The van der Waals surface area contributed by atoms with Crippen molar-refractivity contribution in [3.63, 3.8) is 0 Å². The standard InChI is InChI=1S/C19H21BrFN/c1-12(2)7-8-22-15-5-6-16(19(21)11-15)17-9-14(4)18(20)10-13(17)3/h5-7,9-11,22H,8H2,1-4H3.